The molecule has 2 amide bonds. The molecule has 0 bridgehead atoms. The summed E-state index contributed by atoms with van der Waals surface area (Å²) in [6.07, 6.45) is 4.83. The van der Waals surface area contributed by atoms with Gasteiger partial charge in [-0.05, 0) is 12.1 Å². The largest absolute Gasteiger partial charge is 0.374 e. The van der Waals surface area contributed by atoms with Crippen molar-refractivity contribution < 1.29 is 19.1 Å². The maximum Gasteiger partial charge on any atom is 0.241 e. The van der Waals surface area contributed by atoms with Gasteiger partial charge in [-0.1, -0.05) is 36.4 Å². The van der Waals surface area contributed by atoms with E-state index in [1.165, 1.54) is 4.90 Å². The van der Waals surface area contributed by atoms with Crippen LogP contribution in [0, 0.1) is 11.8 Å². The number of rotatable bonds is 2. The summed E-state index contributed by atoms with van der Waals surface area (Å²) in [5.41, 5.74) is -0.284. The van der Waals surface area contributed by atoms with E-state index in [0.717, 1.165) is 0 Å². The molecule has 0 saturated carbocycles. The molecule has 0 unspecified atom stereocenters. The second kappa shape index (κ2) is 5.15. The number of carbonyl (C=O) groups excluding carboxylic acids is 2. The standard InChI is InChI=1S/C18H17NO4/c1-2-13-14-15(18(23-13)9-6-10-22-11-18)17(21)19(16(14)20)12-7-4-3-5-8-12/h2-9,13-15H,1,10-11H2/t13-,14-,15+,18+/m1/s1. The van der Waals surface area contributed by atoms with Crippen molar-refractivity contribution in [1.82, 2.24) is 0 Å². The summed E-state index contributed by atoms with van der Waals surface area (Å²) in [6.45, 7) is 4.53. The summed E-state index contributed by atoms with van der Waals surface area (Å²) in [5, 5.41) is 0. The van der Waals surface area contributed by atoms with E-state index >= 15 is 0 Å². The van der Waals surface area contributed by atoms with E-state index in [9.17, 15) is 9.59 Å². The highest BCUT2D eigenvalue weighted by Crippen LogP contribution is 2.49. The van der Waals surface area contributed by atoms with Crippen LogP contribution in [0.25, 0.3) is 0 Å². The van der Waals surface area contributed by atoms with Crippen LogP contribution >= 0.6 is 0 Å². The van der Waals surface area contributed by atoms with Gasteiger partial charge >= 0.3 is 0 Å². The summed E-state index contributed by atoms with van der Waals surface area (Å²) >= 11 is 0. The van der Waals surface area contributed by atoms with Gasteiger partial charge in [0, 0.05) is 0 Å². The second-order valence-electron chi connectivity index (χ2n) is 6.04. The lowest BCUT2D eigenvalue weighted by atomic mass is 9.80. The van der Waals surface area contributed by atoms with Crippen molar-refractivity contribution in [2.75, 3.05) is 18.1 Å². The Morgan fingerprint density at radius 1 is 1.22 bits per heavy atom. The molecule has 3 aliphatic heterocycles. The minimum atomic E-state index is -0.877. The van der Waals surface area contributed by atoms with Crippen LogP contribution in [0.4, 0.5) is 5.69 Å². The molecule has 3 aliphatic rings. The molecule has 2 saturated heterocycles. The van der Waals surface area contributed by atoms with E-state index in [1.807, 2.05) is 30.4 Å². The van der Waals surface area contributed by atoms with Crippen LogP contribution in [-0.2, 0) is 19.1 Å². The van der Waals surface area contributed by atoms with E-state index in [-0.39, 0.29) is 18.4 Å². The molecule has 2 fully saturated rings. The predicted octanol–water partition coefficient (Wildman–Crippen LogP) is 1.70. The van der Waals surface area contributed by atoms with Crippen LogP contribution in [0.3, 0.4) is 0 Å². The summed E-state index contributed by atoms with van der Waals surface area (Å²) < 4.78 is 11.5. The average molecular weight is 311 g/mol. The number of nitrogens with zero attached hydrogens (tertiary/aromatic N) is 1. The SMILES string of the molecule is C=C[C@H]1O[C@]2(C=CCOC2)[C@@H]2C(=O)N(c3ccccc3)C(=O)[C@@H]21. The number of carbonyl (C=O) groups is 2. The molecule has 3 heterocycles. The average Bonchev–Trinajstić information content (AvgIpc) is 3.04. The quantitative estimate of drug-likeness (QED) is 0.616. The zero-order valence-electron chi connectivity index (χ0n) is 12.6. The topological polar surface area (TPSA) is 55.8 Å². The van der Waals surface area contributed by atoms with Gasteiger partial charge in [-0.3, -0.25) is 9.59 Å². The molecule has 23 heavy (non-hydrogen) atoms. The predicted molar refractivity (Wildman–Crippen MR) is 83.7 cm³/mol. The Labute approximate surface area is 134 Å². The number of hydrogen-bond acceptors (Lipinski definition) is 4. The monoisotopic (exact) mass is 311 g/mol. The van der Waals surface area contributed by atoms with Gasteiger partial charge in [0.25, 0.3) is 0 Å². The molecule has 5 heteroatoms. The Balaban J connectivity index is 1.80. The van der Waals surface area contributed by atoms with Crippen molar-refractivity contribution in [1.29, 1.82) is 0 Å². The molecule has 1 spiro atoms. The van der Waals surface area contributed by atoms with Crippen molar-refractivity contribution in [2.45, 2.75) is 11.7 Å². The lowest BCUT2D eigenvalue weighted by Crippen LogP contribution is -2.46. The van der Waals surface area contributed by atoms with Crippen LogP contribution in [0.15, 0.2) is 55.1 Å². The van der Waals surface area contributed by atoms with Crippen molar-refractivity contribution in [3.63, 3.8) is 0 Å². The first-order chi connectivity index (χ1) is 11.2. The molecule has 0 aliphatic carbocycles. The van der Waals surface area contributed by atoms with Crippen LogP contribution in [0.1, 0.15) is 0 Å². The lowest BCUT2D eigenvalue weighted by Gasteiger charge is -2.32. The fraction of sp³-hybridized carbons (Fsp3) is 0.333. The van der Waals surface area contributed by atoms with Gasteiger partial charge in [-0.15, -0.1) is 6.58 Å². The molecular formula is C18H17NO4. The van der Waals surface area contributed by atoms with Crippen LogP contribution in [-0.4, -0.2) is 36.7 Å². The highest BCUT2D eigenvalue weighted by Gasteiger charge is 2.65. The van der Waals surface area contributed by atoms with Gasteiger partial charge in [0.15, 0.2) is 0 Å². The normalized spacial score (nSPS) is 35.8. The van der Waals surface area contributed by atoms with Crippen LogP contribution in [0.5, 0.6) is 0 Å². The van der Waals surface area contributed by atoms with Crippen molar-refractivity contribution in [3.05, 3.63) is 55.1 Å². The van der Waals surface area contributed by atoms with Gasteiger partial charge in [-0.25, -0.2) is 4.90 Å². The first kappa shape index (κ1) is 14.4. The summed E-state index contributed by atoms with van der Waals surface area (Å²) in [6, 6.07) is 9.00. The maximum absolute atomic E-state index is 13.0. The van der Waals surface area contributed by atoms with E-state index in [4.69, 9.17) is 9.47 Å². The Kier molecular flexibility index (Phi) is 3.21. The molecule has 4 rings (SSSR count). The highest BCUT2D eigenvalue weighted by molar-refractivity contribution is 6.23. The molecule has 4 atom stereocenters. The Hall–Kier alpha value is -2.24. The van der Waals surface area contributed by atoms with Gasteiger partial charge in [-0.2, -0.15) is 0 Å². The van der Waals surface area contributed by atoms with Gasteiger partial charge in [0.2, 0.25) is 11.8 Å². The minimum absolute atomic E-state index is 0.230. The zero-order valence-corrected chi connectivity index (χ0v) is 12.6. The molecule has 5 nitrogen and oxygen atoms in total. The van der Waals surface area contributed by atoms with Gasteiger partial charge < -0.3 is 9.47 Å². The first-order valence-electron chi connectivity index (χ1n) is 7.67. The van der Waals surface area contributed by atoms with Gasteiger partial charge in [0.05, 0.1) is 36.8 Å². The molecule has 0 N–H and O–H groups in total. The number of imide groups is 1. The number of hydrogen-bond donors (Lipinski definition) is 0. The van der Waals surface area contributed by atoms with Gasteiger partial charge in [0.1, 0.15) is 5.60 Å². The number of ether oxygens (including phenoxy) is 2. The molecule has 118 valence electrons. The maximum atomic E-state index is 13.0. The minimum Gasteiger partial charge on any atom is -0.374 e. The van der Waals surface area contributed by atoms with Crippen molar-refractivity contribution in [3.8, 4) is 0 Å². The van der Waals surface area contributed by atoms with E-state index in [0.29, 0.717) is 12.3 Å². The van der Waals surface area contributed by atoms with E-state index in [2.05, 4.69) is 6.58 Å². The van der Waals surface area contributed by atoms with E-state index in [1.54, 1.807) is 18.2 Å². The fourth-order valence-corrected chi connectivity index (χ4v) is 3.81. The molecule has 1 aromatic carbocycles. The molecule has 1 aromatic rings. The Morgan fingerprint density at radius 2 is 2.00 bits per heavy atom. The third kappa shape index (κ3) is 1.93. The highest BCUT2D eigenvalue weighted by atomic mass is 16.6. The molecule has 0 radical (unpaired) electrons. The number of benzene rings is 1. The van der Waals surface area contributed by atoms with E-state index < -0.39 is 23.5 Å². The zero-order chi connectivity index (χ0) is 16.0. The Morgan fingerprint density at radius 3 is 2.65 bits per heavy atom. The fourth-order valence-electron chi connectivity index (χ4n) is 3.81. The number of anilines is 1. The summed E-state index contributed by atoms with van der Waals surface area (Å²) in [5.74, 6) is -1.58. The molecular weight excluding hydrogens is 294 g/mol. The van der Waals surface area contributed by atoms with Crippen LogP contribution in [0.2, 0.25) is 0 Å². The lowest BCUT2D eigenvalue weighted by molar-refractivity contribution is -0.131. The summed E-state index contributed by atoms with van der Waals surface area (Å²) in [4.78, 5) is 27.2. The van der Waals surface area contributed by atoms with Crippen molar-refractivity contribution >= 4 is 17.5 Å². The number of para-hydroxylation sites is 1. The smallest absolute Gasteiger partial charge is 0.241 e. The molecule has 0 aromatic heterocycles. The van der Waals surface area contributed by atoms with Crippen molar-refractivity contribution in [2.24, 2.45) is 11.8 Å². The summed E-state index contributed by atoms with van der Waals surface area (Å²) in [7, 11) is 0. The number of fused-ring (bicyclic) bond motifs is 2. The second-order valence-corrected chi connectivity index (χ2v) is 6.04. The third-order valence-corrected chi connectivity index (χ3v) is 4.78. The van der Waals surface area contributed by atoms with Crippen LogP contribution < -0.4 is 4.90 Å². The third-order valence-electron chi connectivity index (χ3n) is 4.78. The number of amides is 2. The Bertz CT molecular complexity index is 698. The first-order valence-corrected chi connectivity index (χ1v) is 7.67.